The van der Waals surface area contributed by atoms with Gasteiger partial charge in [0, 0.05) is 16.6 Å². The lowest BCUT2D eigenvalue weighted by molar-refractivity contribution is 0.0939. The minimum Gasteiger partial charge on any atom is -0.465 e. The standard InChI is InChI=1S/C16H19BrN2O2.ClH/c1-11-4-9-15(21-11)14(19(2)3)10-18-16(20)12-5-7-13(17)8-6-12;/h4-9,14H,10H2,1-3H3,(H,18,20);1H. The van der Waals surface area contributed by atoms with Gasteiger partial charge in [0.05, 0.1) is 6.04 Å². The van der Waals surface area contributed by atoms with Gasteiger partial charge in [-0.15, -0.1) is 12.4 Å². The zero-order chi connectivity index (χ0) is 15.4. The van der Waals surface area contributed by atoms with Gasteiger partial charge in [-0.1, -0.05) is 15.9 Å². The van der Waals surface area contributed by atoms with Crippen molar-refractivity contribution >= 4 is 34.2 Å². The predicted molar refractivity (Wildman–Crippen MR) is 93.6 cm³/mol. The number of likely N-dealkylation sites (N-methyl/N-ethyl adjacent to an activating group) is 1. The lowest BCUT2D eigenvalue weighted by Gasteiger charge is -2.22. The first-order valence-electron chi connectivity index (χ1n) is 6.74. The van der Waals surface area contributed by atoms with Crippen LogP contribution in [0.1, 0.15) is 27.9 Å². The highest BCUT2D eigenvalue weighted by atomic mass is 79.9. The van der Waals surface area contributed by atoms with Gasteiger partial charge in [0.1, 0.15) is 11.5 Å². The first kappa shape index (κ1) is 18.7. The van der Waals surface area contributed by atoms with Crippen molar-refractivity contribution in [3.05, 3.63) is 58.0 Å². The molecule has 0 spiro atoms. The molecule has 2 aromatic rings. The average molecular weight is 388 g/mol. The van der Waals surface area contributed by atoms with Crippen LogP contribution in [0.15, 0.2) is 45.3 Å². The number of nitrogens with one attached hydrogen (secondary N) is 1. The Hall–Kier alpha value is -1.30. The molecule has 2 rings (SSSR count). The van der Waals surface area contributed by atoms with Crippen molar-refractivity contribution in [3.63, 3.8) is 0 Å². The molecule has 1 atom stereocenters. The van der Waals surface area contributed by atoms with Crippen molar-refractivity contribution in [1.82, 2.24) is 10.2 Å². The molecular formula is C16H20BrClN2O2. The molecule has 0 fully saturated rings. The molecule has 22 heavy (non-hydrogen) atoms. The van der Waals surface area contributed by atoms with Crippen molar-refractivity contribution in [1.29, 1.82) is 0 Å². The number of aryl methyl sites for hydroxylation is 1. The Morgan fingerprint density at radius 1 is 1.23 bits per heavy atom. The third kappa shape index (κ3) is 4.87. The van der Waals surface area contributed by atoms with Crippen LogP contribution in [0.25, 0.3) is 0 Å². The van der Waals surface area contributed by atoms with E-state index in [-0.39, 0.29) is 24.4 Å². The van der Waals surface area contributed by atoms with E-state index < -0.39 is 0 Å². The number of hydrogen-bond donors (Lipinski definition) is 1. The maximum absolute atomic E-state index is 12.1. The fourth-order valence-corrected chi connectivity index (χ4v) is 2.33. The topological polar surface area (TPSA) is 45.5 Å². The van der Waals surface area contributed by atoms with E-state index in [1.54, 1.807) is 12.1 Å². The number of carbonyl (C=O) groups is 1. The van der Waals surface area contributed by atoms with Crippen LogP contribution in [0.5, 0.6) is 0 Å². The van der Waals surface area contributed by atoms with E-state index in [4.69, 9.17) is 4.42 Å². The number of carbonyl (C=O) groups excluding carboxylic acids is 1. The molecule has 1 aromatic carbocycles. The SMILES string of the molecule is Cc1ccc(C(CNC(=O)c2ccc(Br)cc2)N(C)C)o1.Cl. The van der Waals surface area contributed by atoms with Crippen LogP contribution in [-0.4, -0.2) is 31.4 Å². The summed E-state index contributed by atoms with van der Waals surface area (Å²) in [5.41, 5.74) is 0.645. The number of rotatable bonds is 5. The summed E-state index contributed by atoms with van der Waals surface area (Å²) in [6.45, 7) is 2.41. The Bertz CT molecular complexity index is 611. The van der Waals surface area contributed by atoms with E-state index in [1.807, 2.05) is 50.2 Å². The second-order valence-electron chi connectivity index (χ2n) is 5.14. The van der Waals surface area contributed by atoms with Gasteiger partial charge < -0.3 is 9.73 Å². The van der Waals surface area contributed by atoms with Crippen LogP contribution in [0.4, 0.5) is 0 Å². The minimum atomic E-state index is -0.0855. The molecular weight excluding hydrogens is 368 g/mol. The molecule has 4 nitrogen and oxygen atoms in total. The van der Waals surface area contributed by atoms with Crippen molar-refractivity contribution < 1.29 is 9.21 Å². The van der Waals surface area contributed by atoms with Gasteiger partial charge in [-0.2, -0.15) is 0 Å². The number of amides is 1. The molecule has 0 saturated heterocycles. The third-order valence-corrected chi connectivity index (χ3v) is 3.80. The second-order valence-corrected chi connectivity index (χ2v) is 6.06. The summed E-state index contributed by atoms with van der Waals surface area (Å²) in [5, 5.41) is 2.95. The Labute approximate surface area is 145 Å². The molecule has 1 amide bonds. The summed E-state index contributed by atoms with van der Waals surface area (Å²) in [7, 11) is 3.93. The lowest BCUT2D eigenvalue weighted by atomic mass is 10.2. The summed E-state index contributed by atoms with van der Waals surface area (Å²) in [6.07, 6.45) is 0. The molecule has 120 valence electrons. The normalized spacial score (nSPS) is 11.9. The van der Waals surface area contributed by atoms with Crippen LogP contribution >= 0.6 is 28.3 Å². The molecule has 6 heteroatoms. The highest BCUT2D eigenvalue weighted by Gasteiger charge is 2.18. The van der Waals surface area contributed by atoms with E-state index >= 15 is 0 Å². The summed E-state index contributed by atoms with van der Waals surface area (Å²) in [4.78, 5) is 14.2. The minimum absolute atomic E-state index is 0. The Kier molecular flexibility index (Phi) is 7.13. The molecule has 0 aliphatic rings. The monoisotopic (exact) mass is 386 g/mol. The number of halogens is 2. The first-order chi connectivity index (χ1) is 9.97. The van der Waals surface area contributed by atoms with Crippen LogP contribution in [0.3, 0.4) is 0 Å². The van der Waals surface area contributed by atoms with Crippen LogP contribution in [0.2, 0.25) is 0 Å². The van der Waals surface area contributed by atoms with Gasteiger partial charge in [0.25, 0.3) is 5.91 Å². The quantitative estimate of drug-likeness (QED) is 0.848. The molecule has 0 saturated carbocycles. The summed E-state index contributed by atoms with van der Waals surface area (Å²) in [6, 6.07) is 11.2. The fraction of sp³-hybridized carbons (Fsp3) is 0.312. The van der Waals surface area contributed by atoms with Crippen molar-refractivity contribution in [2.24, 2.45) is 0 Å². The molecule has 1 N–H and O–H groups in total. The highest BCUT2D eigenvalue weighted by molar-refractivity contribution is 9.10. The van der Waals surface area contributed by atoms with E-state index in [1.165, 1.54) is 0 Å². The fourth-order valence-electron chi connectivity index (χ4n) is 2.06. The van der Waals surface area contributed by atoms with Gasteiger partial charge in [-0.05, 0) is 57.4 Å². The molecule has 1 heterocycles. The van der Waals surface area contributed by atoms with Crippen LogP contribution in [0, 0.1) is 6.92 Å². The number of benzene rings is 1. The molecule has 1 unspecified atom stereocenters. The number of hydrogen-bond acceptors (Lipinski definition) is 3. The molecule has 0 aliphatic carbocycles. The Morgan fingerprint density at radius 2 is 1.86 bits per heavy atom. The lowest BCUT2D eigenvalue weighted by Crippen LogP contribution is -2.34. The summed E-state index contributed by atoms with van der Waals surface area (Å²) in [5.74, 6) is 1.64. The molecule has 0 aliphatic heterocycles. The van der Waals surface area contributed by atoms with E-state index in [0.29, 0.717) is 12.1 Å². The van der Waals surface area contributed by atoms with E-state index in [9.17, 15) is 4.79 Å². The van der Waals surface area contributed by atoms with Crippen molar-refractivity contribution in [2.45, 2.75) is 13.0 Å². The van der Waals surface area contributed by atoms with Crippen molar-refractivity contribution in [2.75, 3.05) is 20.6 Å². The van der Waals surface area contributed by atoms with Gasteiger partial charge in [0.2, 0.25) is 0 Å². The van der Waals surface area contributed by atoms with Gasteiger partial charge >= 0.3 is 0 Å². The highest BCUT2D eigenvalue weighted by Crippen LogP contribution is 2.20. The zero-order valence-corrected chi connectivity index (χ0v) is 15.2. The maximum atomic E-state index is 12.1. The van der Waals surface area contributed by atoms with Crippen LogP contribution < -0.4 is 5.32 Å². The van der Waals surface area contributed by atoms with Crippen LogP contribution in [-0.2, 0) is 0 Å². The van der Waals surface area contributed by atoms with Gasteiger partial charge in [-0.25, -0.2) is 0 Å². The van der Waals surface area contributed by atoms with Gasteiger partial charge in [0.15, 0.2) is 0 Å². The summed E-state index contributed by atoms with van der Waals surface area (Å²) < 4.78 is 6.62. The maximum Gasteiger partial charge on any atom is 0.251 e. The third-order valence-electron chi connectivity index (χ3n) is 3.28. The van der Waals surface area contributed by atoms with E-state index in [0.717, 1.165) is 16.0 Å². The van der Waals surface area contributed by atoms with E-state index in [2.05, 4.69) is 21.2 Å². The second kappa shape index (κ2) is 8.36. The Balaban J connectivity index is 0.00000242. The smallest absolute Gasteiger partial charge is 0.251 e. The first-order valence-corrected chi connectivity index (χ1v) is 7.53. The zero-order valence-electron chi connectivity index (χ0n) is 12.8. The summed E-state index contributed by atoms with van der Waals surface area (Å²) >= 11 is 3.36. The molecule has 0 bridgehead atoms. The number of furan rings is 1. The number of nitrogens with zero attached hydrogens (tertiary/aromatic N) is 1. The molecule has 1 aromatic heterocycles. The van der Waals surface area contributed by atoms with Gasteiger partial charge in [-0.3, -0.25) is 9.69 Å². The molecule has 0 radical (unpaired) electrons. The average Bonchev–Trinajstić information content (AvgIpc) is 2.85. The van der Waals surface area contributed by atoms with Crippen molar-refractivity contribution in [3.8, 4) is 0 Å². The predicted octanol–water partition coefficient (Wildman–Crippen LogP) is 3.81. The largest absolute Gasteiger partial charge is 0.465 e. The Morgan fingerprint density at radius 3 is 2.36 bits per heavy atom.